The summed E-state index contributed by atoms with van der Waals surface area (Å²) in [5.74, 6) is 0.410. The van der Waals surface area contributed by atoms with Crippen molar-refractivity contribution in [3.8, 4) is 17.6 Å². The standard InChI is InChI=1S/C24H23NO3/c25-15-19(16-7-6-10-18(13-16)28-17-8-2-1-3-9-17)20-14-24(20)21(22(26)27)23(24)11-4-5-12-23/h1-3,6-10,13,19-21H,4-5,11-12,14H2,(H,26,27). The molecule has 0 heterocycles. The Kier molecular flexibility index (Phi) is 3.77. The van der Waals surface area contributed by atoms with Crippen molar-refractivity contribution in [2.45, 2.75) is 38.0 Å². The van der Waals surface area contributed by atoms with Gasteiger partial charge in [0.15, 0.2) is 0 Å². The number of carbonyl (C=O) groups is 1. The van der Waals surface area contributed by atoms with Crippen molar-refractivity contribution in [1.29, 1.82) is 5.26 Å². The lowest BCUT2D eigenvalue weighted by Crippen LogP contribution is -2.06. The van der Waals surface area contributed by atoms with Crippen molar-refractivity contribution >= 4 is 5.97 Å². The van der Waals surface area contributed by atoms with Gasteiger partial charge in [0, 0.05) is 0 Å². The molecule has 0 bridgehead atoms. The number of fused-ring (bicyclic) bond motifs is 1. The molecule has 2 aromatic carbocycles. The van der Waals surface area contributed by atoms with E-state index in [1.807, 2.05) is 54.6 Å². The van der Waals surface area contributed by atoms with Gasteiger partial charge < -0.3 is 9.84 Å². The first kappa shape index (κ1) is 17.3. The van der Waals surface area contributed by atoms with Crippen LogP contribution in [0.2, 0.25) is 0 Å². The van der Waals surface area contributed by atoms with Crippen LogP contribution in [0.4, 0.5) is 0 Å². The van der Waals surface area contributed by atoms with Crippen molar-refractivity contribution in [3.63, 3.8) is 0 Å². The van der Waals surface area contributed by atoms with Crippen LogP contribution in [0.1, 0.15) is 43.6 Å². The van der Waals surface area contributed by atoms with Gasteiger partial charge in [-0.1, -0.05) is 43.2 Å². The number of para-hydroxylation sites is 1. The minimum Gasteiger partial charge on any atom is -0.481 e. The summed E-state index contributed by atoms with van der Waals surface area (Å²) in [6.07, 6.45) is 5.13. The van der Waals surface area contributed by atoms with Gasteiger partial charge in [0.05, 0.1) is 17.9 Å². The van der Waals surface area contributed by atoms with Crippen LogP contribution in [-0.4, -0.2) is 11.1 Å². The summed E-state index contributed by atoms with van der Waals surface area (Å²) >= 11 is 0. The second-order valence-corrected chi connectivity index (χ2v) is 8.58. The third kappa shape index (κ3) is 2.32. The predicted molar refractivity (Wildman–Crippen MR) is 104 cm³/mol. The predicted octanol–water partition coefficient (Wildman–Crippen LogP) is 5.37. The topological polar surface area (TPSA) is 70.3 Å². The summed E-state index contributed by atoms with van der Waals surface area (Å²) in [6, 6.07) is 19.8. The van der Waals surface area contributed by atoms with Gasteiger partial charge in [-0.3, -0.25) is 4.79 Å². The molecule has 0 aromatic heterocycles. The SMILES string of the molecule is N#CC(c1cccc(Oc2ccccc2)c1)C1CC12C(C(=O)O)C21CCCC1. The Bertz CT molecular complexity index is 957. The highest BCUT2D eigenvalue weighted by atomic mass is 16.5. The van der Waals surface area contributed by atoms with Crippen molar-refractivity contribution in [3.05, 3.63) is 60.2 Å². The van der Waals surface area contributed by atoms with E-state index in [0.29, 0.717) is 5.75 Å². The molecule has 0 aliphatic heterocycles. The van der Waals surface area contributed by atoms with E-state index in [-0.39, 0.29) is 28.6 Å². The van der Waals surface area contributed by atoms with Crippen LogP contribution in [0.15, 0.2) is 54.6 Å². The lowest BCUT2D eigenvalue weighted by Gasteiger charge is -2.13. The Morgan fingerprint density at radius 1 is 1.11 bits per heavy atom. The fraction of sp³-hybridized carbons (Fsp3) is 0.417. The quantitative estimate of drug-likeness (QED) is 0.765. The molecule has 28 heavy (non-hydrogen) atoms. The highest BCUT2D eigenvalue weighted by Gasteiger charge is 2.89. The van der Waals surface area contributed by atoms with E-state index in [4.69, 9.17) is 4.74 Å². The number of nitriles is 1. The van der Waals surface area contributed by atoms with Gasteiger partial charge in [-0.2, -0.15) is 5.26 Å². The van der Waals surface area contributed by atoms with Gasteiger partial charge in [-0.25, -0.2) is 0 Å². The first-order valence-corrected chi connectivity index (χ1v) is 10.1. The number of nitrogens with zero attached hydrogens (tertiary/aromatic N) is 1. The van der Waals surface area contributed by atoms with E-state index < -0.39 is 5.97 Å². The molecule has 0 radical (unpaired) electrons. The molecule has 4 atom stereocenters. The zero-order valence-corrected chi connectivity index (χ0v) is 15.7. The van der Waals surface area contributed by atoms with Crippen LogP contribution in [0, 0.1) is 34.0 Å². The molecular weight excluding hydrogens is 350 g/mol. The molecule has 142 valence electrons. The lowest BCUT2D eigenvalue weighted by atomic mass is 9.90. The molecule has 2 spiro atoms. The van der Waals surface area contributed by atoms with Gasteiger partial charge in [0.1, 0.15) is 11.5 Å². The van der Waals surface area contributed by atoms with Gasteiger partial charge in [-0.15, -0.1) is 0 Å². The second kappa shape index (κ2) is 6.10. The second-order valence-electron chi connectivity index (χ2n) is 8.58. The Balaban J connectivity index is 1.40. The third-order valence-corrected chi connectivity index (χ3v) is 7.45. The highest BCUT2D eigenvalue weighted by molar-refractivity contribution is 5.79. The summed E-state index contributed by atoms with van der Waals surface area (Å²) in [7, 11) is 0. The summed E-state index contributed by atoms with van der Waals surface area (Å²) < 4.78 is 5.93. The maximum atomic E-state index is 11.9. The molecule has 4 unspecified atom stereocenters. The van der Waals surface area contributed by atoms with Crippen LogP contribution in [0.25, 0.3) is 0 Å². The van der Waals surface area contributed by atoms with Crippen LogP contribution < -0.4 is 4.74 Å². The van der Waals surface area contributed by atoms with E-state index in [9.17, 15) is 15.2 Å². The summed E-state index contributed by atoms with van der Waals surface area (Å²) in [5, 5.41) is 19.8. The number of ether oxygens (including phenoxy) is 1. The Morgan fingerprint density at radius 3 is 2.50 bits per heavy atom. The zero-order chi connectivity index (χ0) is 19.4. The molecule has 3 fully saturated rings. The Morgan fingerprint density at radius 2 is 1.82 bits per heavy atom. The van der Waals surface area contributed by atoms with Gasteiger partial charge in [0.25, 0.3) is 0 Å². The van der Waals surface area contributed by atoms with Crippen molar-refractivity contribution in [2.75, 3.05) is 0 Å². The maximum Gasteiger partial charge on any atom is 0.307 e. The van der Waals surface area contributed by atoms with Crippen molar-refractivity contribution in [2.24, 2.45) is 22.7 Å². The first-order chi connectivity index (χ1) is 13.6. The number of hydrogen-bond acceptors (Lipinski definition) is 3. The zero-order valence-electron chi connectivity index (χ0n) is 15.7. The molecular formula is C24H23NO3. The number of rotatable bonds is 5. The molecule has 0 saturated heterocycles. The number of carboxylic acid groups (broad SMARTS) is 1. The molecule has 4 heteroatoms. The van der Waals surface area contributed by atoms with E-state index in [1.165, 1.54) is 0 Å². The summed E-state index contributed by atoms with van der Waals surface area (Å²) in [6.45, 7) is 0. The Hall–Kier alpha value is -2.80. The average molecular weight is 373 g/mol. The number of benzene rings is 2. The molecule has 1 N–H and O–H groups in total. The maximum absolute atomic E-state index is 11.9. The fourth-order valence-corrected chi connectivity index (χ4v) is 6.33. The number of aliphatic carboxylic acids is 1. The largest absolute Gasteiger partial charge is 0.481 e. The lowest BCUT2D eigenvalue weighted by molar-refractivity contribution is -0.139. The molecule has 3 aliphatic rings. The monoisotopic (exact) mass is 373 g/mol. The van der Waals surface area contributed by atoms with E-state index >= 15 is 0 Å². The van der Waals surface area contributed by atoms with Crippen LogP contribution in [0.5, 0.6) is 11.5 Å². The normalized spacial score (nSPS) is 30.0. The smallest absolute Gasteiger partial charge is 0.307 e. The van der Waals surface area contributed by atoms with E-state index in [0.717, 1.165) is 43.4 Å². The molecule has 5 rings (SSSR count). The molecule has 0 amide bonds. The Labute approximate surface area is 164 Å². The van der Waals surface area contributed by atoms with E-state index in [2.05, 4.69) is 6.07 Å². The number of hydrogen-bond donors (Lipinski definition) is 1. The third-order valence-electron chi connectivity index (χ3n) is 7.45. The van der Waals surface area contributed by atoms with Gasteiger partial charge in [0.2, 0.25) is 0 Å². The molecule has 4 nitrogen and oxygen atoms in total. The van der Waals surface area contributed by atoms with Crippen LogP contribution in [-0.2, 0) is 4.79 Å². The van der Waals surface area contributed by atoms with Gasteiger partial charge >= 0.3 is 5.97 Å². The van der Waals surface area contributed by atoms with Crippen LogP contribution >= 0.6 is 0 Å². The average Bonchev–Trinajstić information content (AvgIpc) is 3.45. The first-order valence-electron chi connectivity index (χ1n) is 10.1. The van der Waals surface area contributed by atoms with Gasteiger partial charge in [-0.05, 0) is 65.8 Å². The van der Waals surface area contributed by atoms with E-state index in [1.54, 1.807) is 0 Å². The highest BCUT2D eigenvalue weighted by Crippen LogP contribution is 2.91. The minimum atomic E-state index is -0.665. The van der Waals surface area contributed by atoms with Crippen LogP contribution in [0.3, 0.4) is 0 Å². The molecule has 3 saturated carbocycles. The number of carboxylic acids is 1. The van der Waals surface area contributed by atoms with Crippen molar-refractivity contribution in [1.82, 2.24) is 0 Å². The minimum absolute atomic E-state index is 0.0449. The summed E-state index contributed by atoms with van der Waals surface area (Å²) in [5.41, 5.74) is 0.741. The molecule has 3 aliphatic carbocycles. The van der Waals surface area contributed by atoms with Crippen molar-refractivity contribution < 1.29 is 14.6 Å². The summed E-state index contributed by atoms with van der Waals surface area (Å²) in [4.78, 5) is 11.9. The molecule has 2 aromatic rings. The fourth-order valence-electron chi connectivity index (χ4n) is 6.33.